The van der Waals surface area contributed by atoms with Crippen LogP contribution in [-0.4, -0.2) is 47.2 Å². The van der Waals surface area contributed by atoms with Crippen LogP contribution in [0.15, 0.2) is 18.3 Å². The van der Waals surface area contributed by atoms with Crippen LogP contribution in [0.2, 0.25) is 0 Å². The van der Waals surface area contributed by atoms with Crippen LogP contribution in [0.25, 0.3) is 0 Å². The fourth-order valence-electron chi connectivity index (χ4n) is 4.52. The average molecular weight is 463 g/mol. The van der Waals surface area contributed by atoms with E-state index in [1.54, 1.807) is 13.1 Å². The average Bonchev–Trinajstić information content (AvgIpc) is 3.25. The second kappa shape index (κ2) is 13.3. The third-order valence-corrected chi connectivity index (χ3v) is 6.28. The Hall–Kier alpha value is -2.48. The van der Waals surface area contributed by atoms with Gasteiger partial charge in [0.15, 0.2) is 0 Å². The van der Waals surface area contributed by atoms with E-state index in [-0.39, 0.29) is 25.5 Å². The lowest BCUT2D eigenvalue weighted by molar-refractivity contribution is -0.145. The monoisotopic (exact) mass is 462 g/mol. The number of pyridine rings is 1. The molecule has 1 aliphatic carbocycles. The zero-order valence-corrected chi connectivity index (χ0v) is 20.1. The molecule has 0 radical (unpaired) electrons. The molecule has 0 aromatic carbocycles. The first-order chi connectivity index (χ1) is 15.8. The molecule has 1 amide bonds. The van der Waals surface area contributed by atoms with Gasteiger partial charge in [-0.1, -0.05) is 32.3 Å². The van der Waals surface area contributed by atoms with Gasteiger partial charge in [-0.25, -0.2) is 0 Å². The third-order valence-electron chi connectivity index (χ3n) is 6.28. The number of carbonyl (C=O) groups is 3. The van der Waals surface area contributed by atoms with E-state index in [9.17, 15) is 19.5 Å². The number of amides is 1. The molecule has 0 spiro atoms. The van der Waals surface area contributed by atoms with Gasteiger partial charge in [0.2, 0.25) is 5.91 Å². The Morgan fingerprint density at radius 1 is 1.21 bits per heavy atom. The lowest BCUT2D eigenvalue weighted by atomic mass is 9.75. The third kappa shape index (κ3) is 8.42. The zero-order chi connectivity index (χ0) is 24.3. The van der Waals surface area contributed by atoms with Crippen LogP contribution in [0.5, 0.6) is 0 Å². The smallest absolute Gasteiger partial charge is 0.307 e. The van der Waals surface area contributed by atoms with Crippen molar-refractivity contribution in [3.8, 4) is 0 Å². The molecule has 0 bridgehead atoms. The SMILES string of the molecule is CCC[C@H](CC1(C(=O)N[C@@H](COCc2ccc(C)nc2)CC(=O)OCC)CCCC1)C(=O)O. The largest absolute Gasteiger partial charge is 0.481 e. The number of carboxylic acids is 1. The van der Waals surface area contributed by atoms with Gasteiger partial charge in [-0.2, -0.15) is 0 Å². The fraction of sp³-hybridized carbons (Fsp3) is 0.680. The topological polar surface area (TPSA) is 115 Å². The molecule has 184 valence electrons. The van der Waals surface area contributed by atoms with Gasteiger partial charge in [0.1, 0.15) is 0 Å². The van der Waals surface area contributed by atoms with Gasteiger partial charge in [-0.15, -0.1) is 0 Å². The highest BCUT2D eigenvalue weighted by Crippen LogP contribution is 2.44. The number of nitrogens with zero attached hydrogens (tertiary/aromatic N) is 1. The molecule has 0 aliphatic heterocycles. The van der Waals surface area contributed by atoms with E-state index < -0.39 is 29.3 Å². The molecule has 2 N–H and O–H groups in total. The van der Waals surface area contributed by atoms with Crippen LogP contribution in [-0.2, 0) is 30.5 Å². The van der Waals surface area contributed by atoms with E-state index in [0.29, 0.717) is 32.3 Å². The minimum atomic E-state index is -0.853. The summed E-state index contributed by atoms with van der Waals surface area (Å²) in [5.41, 5.74) is 1.10. The summed E-state index contributed by atoms with van der Waals surface area (Å²) < 4.78 is 10.9. The highest BCUT2D eigenvalue weighted by atomic mass is 16.5. The van der Waals surface area contributed by atoms with Crippen LogP contribution < -0.4 is 5.32 Å². The first-order valence-corrected chi connectivity index (χ1v) is 12.0. The van der Waals surface area contributed by atoms with Gasteiger partial charge >= 0.3 is 11.9 Å². The van der Waals surface area contributed by atoms with Crippen molar-refractivity contribution in [1.29, 1.82) is 0 Å². The Morgan fingerprint density at radius 3 is 2.52 bits per heavy atom. The summed E-state index contributed by atoms with van der Waals surface area (Å²) in [6.07, 6.45) is 6.47. The predicted octanol–water partition coefficient (Wildman–Crippen LogP) is 3.80. The van der Waals surface area contributed by atoms with Crippen molar-refractivity contribution >= 4 is 17.8 Å². The first kappa shape index (κ1) is 26.8. The molecule has 1 aliphatic rings. The van der Waals surface area contributed by atoms with Crippen LogP contribution in [0.3, 0.4) is 0 Å². The number of aliphatic carboxylic acids is 1. The number of nitrogens with one attached hydrogen (secondary N) is 1. The summed E-state index contributed by atoms with van der Waals surface area (Å²) >= 11 is 0. The molecule has 1 aromatic rings. The normalized spacial score (nSPS) is 16.7. The molecule has 2 atom stereocenters. The maximum Gasteiger partial charge on any atom is 0.307 e. The number of rotatable bonds is 14. The van der Waals surface area contributed by atoms with Crippen molar-refractivity contribution < 1.29 is 29.0 Å². The Bertz CT molecular complexity index is 774. The highest BCUT2D eigenvalue weighted by molar-refractivity contribution is 5.84. The molecule has 1 aromatic heterocycles. The highest BCUT2D eigenvalue weighted by Gasteiger charge is 2.44. The van der Waals surface area contributed by atoms with Crippen molar-refractivity contribution in [2.24, 2.45) is 11.3 Å². The van der Waals surface area contributed by atoms with Gasteiger partial charge in [0.05, 0.1) is 43.6 Å². The van der Waals surface area contributed by atoms with Crippen LogP contribution >= 0.6 is 0 Å². The lowest BCUT2D eigenvalue weighted by Gasteiger charge is -2.32. The number of esters is 1. The molecule has 1 saturated carbocycles. The molecule has 1 fully saturated rings. The van der Waals surface area contributed by atoms with E-state index in [1.165, 1.54) is 0 Å². The minimum absolute atomic E-state index is 0.000866. The number of ether oxygens (including phenoxy) is 2. The summed E-state index contributed by atoms with van der Waals surface area (Å²) in [5, 5.41) is 12.6. The lowest BCUT2D eigenvalue weighted by Crippen LogP contribution is -2.48. The maximum atomic E-state index is 13.4. The fourth-order valence-corrected chi connectivity index (χ4v) is 4.52. The van der Waals surface area contributed by atoms with Gasteiger partial charge in [0.25, 0.3) is 0 Å². The summed E-state index contributed by atoms with van der Waals surface area (Å²) in [7, 11) is 0. The Balaban J connectivity index is 2.07. The van der Waals surface area contributed by atoms with Crippen molar-refractivity contribution in [3.05, 3.63) is 29.6 Å². The molecule has 0 saturated heterocycles. The van der Waals surface area contributed by atoms with Gasteiger partial charge in [-0.05, 0) is 51.2 Å². The van der Waals surface area contributed by atoms with Crippen molar-refractivity contribution in [3.63, 3.8) is 0 Å². The molecular weight excluding hydrogens is 424 g/mol. The number of aryl methyl sites for hydroxylation is 1. The van der Waals surface area contributed by atoms with Gasteiger partial charge in [-0.3, -0.25) is 19.4 Å². The number of hydrogen-bond donors (Lipinski definition) is 2. The molecule has 1 heterocycles. The van der Waals surface area contributed by atoms with Crippen LogP contribution in [0.1, 0.15) is 76.5 Å². The summed E-state index contributed by atoms with van der Waals surface area (Å²) in [6.45, 7) is 6.31. The number of hydrogen-bond acceptors (Lipinski definition) is 6. The molecule has 2 rings (SSSR count). The van der Waals surface area contributed by atoms with Crippen LogP contribution in [0, 0.1) is 18.3 Å². The maximum absolute atomic E-state index is 13.4. The minimum Gasteiger partial charge on any atom is -0.481 e. The Kier molecular flexibility index (Phi) is 10.8. The quantitative estimate of drug-likeness (QED) is 0.404. The van der Waals surface area contributed by atoms with E-state index in [0.717, 1.165) is 30.5 Å². The summed E-state index contributed by atoms with van der Waals surface area (Å²) in [5.74, 6) is -1.99. The zero-order valence-electron chi connectivity index (χ0n) is 20.1. The van der Waals surface area contributed by atoms with Gasteiger partial charge in [0, 0.05) is 11.9 Å². The number of carbonyl (C=O) groups excluding carboxylic acids is 2. The molecule has 33 heavy (non-hydrogen) atoms. The molecular formula is C25H38N2O6. The van der Waals surface area contributed by atoms with E-state index >= 15 is 0 Å². The van der Waals surface area contributed by atoms with Crippen molar-refractivity contribution in [2.75, 3.05) is 13.2 Å². The van der Waals surface area contributed by atoms with Gasteiger partial charge < -0.3 is 19.9 Å². The standard InChI is InChI=1S/C25H38N2O6/c1-4-8-20(23(29)30)14-25(11-6-7-12-25)24(31)27-21(13-22(28)33-5-2)17-32-16-19-10-9-18(3)26-15-19/h9-10,15,20-21H,4-8,11-14,16-17H2,1-3H3,(H,27,31)(H,29,30)/t20-,21-/m1/s1. The summed E-state index contributed by atoms with van der Waals surface area (Å²) in [6, 6.07) is 3.27. The molecule has 8 nitrogen and oxygen atoms in total. The Morgan fingerprint density at radius 2 is 1.94 bits per heavy atom. The number of carboxylic acid groups (broad SMARTS) is 1. The summed E-state index contributed by atoms with van der Waals surface area (Å²) in [4.78, 5) is 41.6. The van der Waals surface area contributed by atoms with Crippen LogP contribution in [0.4, 0.5) is 0 Å². The molecule has 8 heteroatoms. The second-order valence-corrected chi connectivity index (χ2v) is 9.02. The van der Waals surface area contributed by atoms with E-state index in [1.807, 2.05) is 26.0 Å². The predicted molar refractivity (Wildman–Crippen MR) is 123 cm³/mol. The molecule has 0 unspecified atom stereocenters. The second-order valence-electron chi connectivity index (χ2n) is 9.02. The van der Waals surface area contributed by atoms with E-state index in [4.69, 9.17) is 9.47 Å². The number of aromatic nitrogens is 1. The first-order valence-electron chi connectivity index (χ1n) is 12.0. The Labute approximate surface area is 196 Å². The van der Waals surface area contributed by atoms with E-state index in [2.05, 4.69) is 10.3 Å². The van der Waals surface area contributed by atoms with Crippen molar-refractivity contribution in [2.45, 2.75) is 84.8 Å². The van der Waals surface area contributed by atoms with Crippen molar-refractivity contribution in [1.82, 2.24) is 10.3 Å².